The Morgan fingerprint density at radius 3 is 2.68 bits per heavy atom. The number of nitrogens with zero attached hydrogens (tertiary/aromatic N) is 1. The summed E-state index contributed by atoms with van der Waals surface area (Å²) in [7, 11) is 0. The summed E-state index contributed by atoms with van der Waals surface area (Å²) in [5, 5.41) is 22.7. The first-order valence-corrected chi connectivity index (χ1v) is 6.83. The monoisotopic (exact) mass is 280 g/mol. The molecule has 104 valence electrons. The fraction of sp³-hybridized carbons (Fsp3) is 0.533. The third-order valence-corrected chi connectivity index (χ3v) is 3.20. The van der Waals surface area contributed by atoms with E-state index in [4.69, 9.17) is 16.9 Å². The van der Waals surface area contributed by atoms with Gasteiger partial charge in [-0.05, 0) is 37.0 Å². The molecule has 1 aromatic rings. The van der Waals surface area contributed by atoms with Crippen LogP contribution in [-0.4, -0.2) is 17.3 Å². The van der Waals surface area contributed by atoms with Gasteiger partial charge in [0.2, 0.25) is 0 Å². The van der Waals surface area contributed by atoms with Gasteiger partial charge < -0.3 is 10.4 Å². The fourth-order valence-electron chi connectivity index (χ4n) is 2.18. The van der Waals surface area contributed by atoms with Gasteiger partial charge in [0.25, 0.3) is 0 Å². The van der Waals surface area contributed by atoms with E-state index < -0.39 is 5.60 Å². The molecule has 0 heterocycles. The topological polar surface area (TPSA) is 56.0 Å². The van der Waals surface area contributed by atoms with Crippen LogP contribution in [0.25, 0.3) is 0 Å². The van der Waals surface area contributed by atoms with Crippen LogP contribution in [0.3, 0.4) is 0 Å². The summed E-state index contributed by atoms with van der Waals surface area (Å²) in [5.74, 6) is 0.454. The maximum absolute atomic E-state index is 10.2. The maximum Gasteiger partial charge on any atom is 0.0992 e. The highest BCUT2D eigenvalue weighted by molar-refractivity contribution is 6.31. The van der Waals surface area contributed by atoms with Gasteiger partial charge in [-0.15, -0.1) is 0 Å². The Labute approximate surface area is 120 Å². The number of hydrogen-bond donors (Lipinski definition) is 2. The standard InChI is InChI=1S/C15H21ClN2O/c1-11(2)7-15(3,19)10-18-9-13-5-4-12(8-17)6-14(13)16/h4-6,11,18-19H,7,9-10H2,1-3H3. The van der Waals surface area contributed by atoms with Gasteiger partial charge in [0.05, 0.1) is 17.2 Å². The molecule has 0 aliphatic carbocycles. The van der Waals surface area contributed by atoms with E-state index in [0.717, 1.165) is 12.0 Å². The summed E-state index contributed by atoms with van der Waals surface area (Å²) < 4.78 is 0. The fourth-order valence-corrected chi connectivity index (χ4v) is 2.43. The molecule has 2 N–H and O–H groups in total. The molecule has 3 nitrogen and oxygen atoms in total. The number of rotatable bonds is 6. The number of nitrogens with one attached hydrogen (secondary N) is 1. The summed E-state index contributed by atoms with van der Waals surface area (Å²) >= 11 is 6.09. The number of benzene rings is 1. The Morgan fingerprint density at radius 2 is 2.16 bits per heavy atom. The van der Waals surface area contributed by atoms with Gasteiger partial charge in [-0.25, -0.2) is 0 Å². The number of nitriles is 1. The van der Waals surface area contributed by atoms with Gasteiger partial charge >= 0.3 is 0 Å². The highest BCUT2D eigenvalue weighted by atomic mass is 35.5. The highest BCUT2D eigenvalue weighted by Crippen LogP contribution is 2.18. The van der Waals surface area contributed by atoms with Crippen LogP contribution in [0.15, 0.2) is 18.2 Å². The lowest BCUT2D eigenvalue weighted by Crippen LogP contribution is -2.38. The molecule has 0 spiro atoms. The average Bonchev–Trinajstić information content (AvgIpc) is 2.29. The summed E-state index contributed by atoms with van der Waals surface area (Å²) in [6, 6.07) is 7.29. The van der Waals surface area contributed by atoms with Crippen LogP contribution in [-0.2, 0) is 6.54 Å². The Hall–Kier alpha value is -1.08. The van der Waals surface area contributed by atoms with Gasteiger partial charge in [-0.2, -0.15) is 5.26 Å². The summed E-state index contributed by atoms with van der Waals surface area (Å²) in [4.78, 5) is 0. The Bertz CT molecular complexity index is 464. The van der Waals surface area contributed by atoms with Crippen LogP contribution >= 0.6 is 11.6 Å². The van der Waals surface area contributed by atoms with Gasteiger partial charge in [0.1, 0.15) is 0 Å². The van der Waals surface area contributed by atoms with Crippen molar-refractivity contribution in [2.75, 3.05) is 6.54 Å². The van der Waals surface area contributed by atoms with E-state index in [1.54, 1.807) is 12.1 Å². The molecule has 0 amide bonds. The smallest absolute Gasteiger partial charge is 0.0992 e. The number of hydrogen-bond acceptors (Lipinski definition) is 3. The van der Waals surface area contributed by atoms with E-state index in [2.05, 4.69) is 25.2 Å². The maximum atomic E-state index is 10.2. The first-order valence-electron chi connectivity index (χ1n) is 6.45. The third kappa shape index (κ3) is 5.61. The first kappa shape index (κ1) is 16.0. The molecule has 0 radical (unpaired) electrons. The van der Waals surface area contributed by atoms with E-state index >= 15 is 0 Å². The highest BCUT2D eigenvalue weighted by Gasteiger charge is 2.21. The second-order valence-electron chi connectivity index (χ2n) is 5.62. The lowest BCUT2D eigenvalue weighted by molar-refractivity contribution is 0.0383. The quantitative estimate of drug-likeness (QED) is 0.842. The summed E-state index contributed by atoms with van der Waals surface area (Å²) in [6.07, 6.45) is 0.751. The van der Waals surface area contributed by atoms with Crippen LogP contribution in [0.2, 0.25) is 5.02 Å². The third-order valence-electron chi connectivity index (χ3n) is 2.85. The van der Waals surface area contributed by atoms with Crippen LogP contribution in [0.1, 0.15) is 38.3 Å². The molecule has 1 atom stereocenters. The molecular formula is C15H21ClN2O. The largest absolute Gasteiger partial charge is 0.389 e. The molecule has 1 rings (SSSR count). The number of halogens is 1. The molecular weight excluding hydrogens is 260 g/mol. The van der Waals surface area contributed by atoms with E-state index in [-0.39, 0.29) is 0 Å². The lowest BCUT2D eigenvalue weighted by Gasteiger charge is -2.25. The molecule has 19 heavy (non-hydrogen) atoms. The normalized spacial score (nSPS) is 14.2. The second-order valence-corrected chi connectivity index (χ2v) is 6.02. The van der Waals surface area contributed by atoms with Crippen molar-refractivity contribution in [3.8, 4) is 6.07 Å². The minimum atomic E-state index is -0.715. The zero-order chi connectivity index (χ0) is 14.5. The SMILES string of the molecule is CC(C)CC(C)(O)CNCc1ccc(C#N)cc1Cl. The van der Waals surface area contributed by atoms with Crippen molar-refractivity contribution in [2.24, 2.45) is 5.92 Å². The molecule has 1 unspecified atom stereocenters. The van der Waals surface area contributed by atoms with E-state index in [1.807, 2.05) is 13.0 Å². The molecule has 0 bridgehead atoms. The van der Waals surface area contributed by atoms with Crippen molar-refractivity contribution in [2.45, 2.75) is 39.3 Å². The molecule has 0 fully saturated rings. The van der Waals surface area contributed by atoms with Crippen LogP contribution in [0.5, 0.6) is 0 Å². The van der Waals surface area contributed by atoms with E-state index in [9.17, 15) is 5.11 Å². The minimum absolute atomic E-state index is 0.454. The summed E-state index contributed by atoms with van der Waals surface area (Å²) in [6.45, 7) is 7.11. The van der Waals surface area contributed by atoms with Gasteiger partial charge in [-0.3, -0.25) is 0 Å². The van der Waals surface area contributed by atoms with Crippen LogP contribution < -0.4 is 5.32 Å². The second kappa shape index (κ2) is 6.91. The van der Waals surface area contributed by atoms with Crippen LogP contribution in [0.4, 0.5) is 0 Å². The van der Waals surface area contributed by atoms with E-state index in [0.29, 0.717) is 29.6 Å². The van der Waals surface area contributed by atoms with E-state index in [1.165, 1.54) is 0 Å². The zero-order valence-corrected chi connectivity index (χ0v) is 12.5. The summed E-state index contributed by atoms with van der Waals surface area (Å²) in [5.41, 5.74) is 0.773. The molecule has 0 saturated carbocycles. The van der Waals surface area contributed by atoms with Crippen molar-refractivity contribution < 1.29 is 5.11 Å². The Balaban J connectivity index is 2.52. The predicted octanol–water partition coefficient (Wildman–Crippen LogP) is 3.10. The molecule has 0 aromatic heterocycles. The molecule has 1 aromatic carbocycles. The van der Waals surface area contributed by atoms with Crippen molar-refractivity contribution >= 4 is 11.6 Å². The minimum Gasteiger partial charge on any atom is -0.389 e. The Morgan fingerprint density at radius 1 is 1.47 bits per heavy atom. The molecule has 4 heteroatoms. The van der Waals surface area contributed by atoms with Crippen molar-refractivity contribution in [3.63, 3.8) is 0 Å². The lowest BCUT2D eigenvalue weighted by atomic mass is 9.94. The Kier molecular flexibility index (Phi) is 5.81. The van der Waals surface area contributed by atoms with Crippen LogP contribution in [0, 0.1) is 17.2 Å². The van der Waals surface area contributed by atoms with Gasteiger partial charge in [0, 0.05) is 18.1 Å². The van der Waals surface area contributed by atoms with Crippen molar-refractivity contribution in [1.29, 1.82) is 5.26 Å². The number of aliphatic hydroxyl groups is 1. The molecule has 0 aliphatic rings. The molecule has 0 aliphatic heterocycles. The van der Waals surface area contributed by atoms with Gasteiger partial charge in [-0.1, -0.05) is 31.5 Å². The van der Waals surface area contributed by atoms with Crippen molar-refractivity contribution in [1.82, 2.24) is 5.32 Å². The van der Waals surface area contributed by atoms with Crippen molar-refractivity contribution in [3.05, 3.63) is 34.3 Å². The first-order chi connectivity index (χ1) is 8.84. The van der Waals surface area contributed by atoms with Gasteiger partial charge in [0.15, 0.2) is 0 Å². The average molecular weight is 281 g/mol. The zero-order valence-electron chi connectivity index (χ0n) is 11.7. The molecule has 0 saturated heterocycles. The predicted molar refractivity (Wildman–Crippen MR) is 78.0 cm³/mol.